The Morgan fingerprint density at radius 3 is 2.78 bits per heavy atom. The number of carbonyl (C=O) groups is 1. The molecule has 0 radical (unpaired) electrons. The Balaban J connectivity index is 2.74. The number of aromatic nitrogens is 1. The number of aliphatic carboxylic acids is 1. The quantitative estimate of drug-likeness (QED) is 0.848. The molecule has 0 spiro atoms. The van der Waals surface area contributed by atoms with Crippen molar-refractivity contribution in [3.63, 3.8) is 0 Å². The summed E-state index contributed by atoms with van der Waals surface area (Å²) in [6, 6.07) is 5.24. The zero-order chi connectivity index (χ0) is 13.3. The SMILES string of the molecule is Cc1cc(/C=C/C(=O)O)c2ccc(Cl)c(Cl)c2n1. The highest BCUT2D eigenvalue weighted by atomic mass is 35.5. The van der Waals surface area contributed by atoms with E-state index < -0.39 is 5.97 Å². The summed E-state index contributed by atoms with van der Waals surface area (Å²) in [7, 11) is 0. The van der Waals surface area contributed by atoms with Gasteiger partial charge in [0.2, 0.25) is 0 Å². The van der Waals surface area contributed by atoms with Crippen LogP contribution in [0, 0.1) is 6.92 Å². The van der Waals surface area contributed by atoms with Gasteiger partial charge in [-0.3, -0.25) is 4.98 Å². The third-order valence-electron chi connectivity index (χ3n) is 2.44. The van der Waals surface area contributed by atoms with Crippen molar-refractivity contribution in [1.29, 1.82) is 0 Å². The standard InChI is InChI=1S/C13H9Cl2NO2/c1-7-6-8(2-5-11(17)18)9-3-4-10(14)12(15)13(9)16-7/h2-6H,1H3,(H,17,18)/b5-2+. The van der Waals surface area contributed by atoms with E-state index in [-0.39, 0.29) is 0 Å². The number of pyridine rings is 1. The topological polar surface area (TPSA) is 50.2 Å². The zero-order valence-corrected chi connectivity index (χ0v) is 11.0. The molecule has 1 aromatic carbocycles. The van der Waals surface area contributed by atoms with Crippen LogP contribution in [0.5, 0.6) is 0 Å². The van der Waals surface area contributed by atoms with E-state index in [1.165, 1.54) is 6.08 Å². The number of hydrogen-bond donors (Lipinski definition) is 1. The lowest BCUT2D eigenvalue weighted by Crippen LogP contribution is -1.91. The fourth-order valence-corrected chi connectivity index (χ4v) is 2.05. The summed E-state index contributed by atoms with van der Waals surface area (Å²) >= 11 is 12.0. The van der Waals surface area contributed by atoms with Crippen LogP contribution in [0.3, 0.4) is 0 Å². The van der Waals surface area contributed by atoms with Gasteiger partial charge in [-0.2, -0.15) is 0 Å². The molecular weight excluding hydrogens is 273 g/mol. The van der Waals surface area contributed by atoms with Gasteiger partial charge in [0.25, 0.3) is 0 Å². The Labute approximate surface area is 114 Å². The van der Waals surface area contributed by atoms with Crippen LogP contribution in [0.1, 0.15) is 11.3 Å². The number of rotatable bonds is 2. The maximum atomic E-state index is 10.6. The van der Waals surface area contributed by atoms with Crippen LogP contribution >= 0.6 is 23.2 Å². The summed E-state index contributed by atoms with van der Waals surface area (Å²) in [5, 5.41) is 10.2. The van der Waals surface area contributed by atoms with E-state index in [9.17, 15) is 4.79 Å². The van der Waals surface area contributed by atoms with Crippen molar-refractivity contribution in [2.75, 3.05) is 0 Å². The highest BCUT2D eigenvalue weighted by molar-refractivity contribution is 6.45. The molecule has 0 aliphatic carbocycles. The smallest absolute Gasteiger partial charge is 0.328 e. The Hall–Kier alpha value is -1.58. The Bertz CT molecular complexity index is 666. The molecule has 2 aromatic rings. The molecule has 2 rings (SSSR count). The van der Waals surface area contributed by atoms with E-state index in [1.54, 1.807) is 18.2 Å². The number of aryl methyl sites for hydroxylation is 1. The minimum atomic E-state index is -1.00. The molecule has 0 saturated heterocycles. The van der Waals surface area contributed by atoms with Gasteiger partial charge < -0.3 is 5.11 Å². The molecule has 0 unspecified atom stereocenters. The van der Waals surface area contributed by atoms with Crippen LogP contribution in [0.2, 0.25) is 10.0 Å². The highest BCUT2D eigenvalue weighted by Crippen LogP contribution is 2.31. The molecule has 0 aliphatic heterocycles. The lowest BCUT2D eigenvalue weighted by atomic mass is 10.1. The number of carboxylic acid groups (broad SMARTS) is 1. The van der Waals surface area contributed by atoms with E-state index in [0.717, 1.165) is 22.7 Å². The summed E-state index contributed by atoms with van der Waals surface area (Å²) in [6.07, 6.45) is 2.60. The first kappa shape index (κ1) is 12.9. The highest BCUT2D eigenvalue weighted by Gasteiger charge is 2.08. The van der Waals surface area contributed by atoms with Crippen molar-refractivity contribution in [3.8, 4) is 0 Å². The van der Waals surface area contributed by atoms with E-state index in [4.69, 9.17) is 28.3 Å². The first-order chi connectivity index (χ1) is 8.49. The monoisotopic (exact) mass is 281 g/mol. The summed E-state index contributed by atoms with van der Waals surface area (Å²) in [5.74, 6) is -1.00. The van der Waals surface area contributed by atoms with Crippen LogP contribution < -0.4 is 0 Å². The summed E-state index contributed by atoms with van der Waals surface area (Å²) in [4.78, 5) is 14.9. The van der Waals surface area contributed by atoms with Crippen LogP contribution in [-0.4, -0.2) is 16.1 Å². The summed E-state index contributed by atoms with van der Waals surface area (Å²) in [6.45, 7) is 1.81. The Morgan fingerprint density at radius 1 is 1.39 bits per heavy atom. The number of carboxylic acids is 1. The van der Waals surface area contributed by atoms with Gasteiger partial charge in [-0.05, 0) is 30.7 Å². The van der Waals surface area contributed by atoms with Gasteiger partial charge in [0, 0.05) is 17.2 Å². The predicted octanol–water partition coefficient (Wildman–Crippen LogP) is 3.95. The van der Waals surface area contributed by atoms with Crippen molar-refractivity contribution >= 4 is 46.2 Å². The van der Waals surface area contributed by atoms with Gasteiger partial charge in [-0.1, -0.05) is 29.3 Å². The molecule has 3 nitrogen and oxygen atoms in total. The van der Waals surface area contributed by atoms with Gasteiger partial charge in [-0.15, -0.1) is 0 Å². The van der Waals surface area contributed by atoms with Gasteiger partial charge in [0.15, 0.2) is 0 Å². The molecule has 0 saturated carbocycles. The molecule has 5 heteroatoms. The molecule has 0 fully saturated rings. The van der Waals surface area contributed by atoms with Crippen molar-refractivity contribution in [2.24, 2.45) is 0 Å². The third-order valence-corrected chi connectivity index (χ3v) is 3.23. The summed E-state index contributed by atoms with van der Waals surface area (Å²) < 4.78 is 0. The maximum absolute atomic E-state index is 10.6. The molecule has 92 valence electrons. The van der Waals surface area contributed by atoms with Crippen molar-refractivity contribution in [1.82, 2.24) is 4.98 Å². The zero-order valence-electron chi connectivity index (χ0n) is 9.45. The van der Waals surface area contributed by atoms with Crippen molar-refractivity contribution in [3.05, 3.63) is 45.6 Å². The molecule has 18 heavy (non-hydrogen) atoms. The predicted molar refractivity (Wildman–Crippen MR) is 73.2 cm³/mol. The Kier molecular flexibility index (Phi) is 3.55. The lowest BCUT2D eigenvalue weighted by molar-refractivity contribution is -0.131. The number of hydrogen-bond acceptors (Lipinski definition) is 2. The van der Waals surface area contributed by atoms with Gasteiger partial charge in [-0.25, -0.2) is 4.79 Å². The van der Waals surface area contributed by atoms with Crippen LogP contribution in [0.15, 0.2) is 24.3 Å². The molecular formula is C13H9Cl2NO2. The average molecular weight is 282 g/mol. The number of fused-ring (bicyclic) bond motifs is 1. The molecule has 0 aliphatic rings. The Morgan fingerprint density at radius 2 is 2.11 bits per heavy atom. The molecule has 0 bridgehead atoms. The molecule has 1 N–H and O–H groups in total. The number of benzene rings is 1. The van der Waals surface area contributed by atoms with Gasteiger partial charge >= 0.3 is 5.97 Å². The van der Waals surface area contributed by atoms with Crippen LogP contribution in [-0.2, 0) is 4.79 Å². The minimum absolute atomic E-state index is 0.378. The first-order valence-electron chi connectivity index (χ1n) is 5.15. The van der Waals surface area contributed by atoms with Crippen molar-refractivity contribution in [2.45, 2.75) is 6.92 Å². The van der Waals surface area contributed by atoms with Crippen LogP contribution in [0.4, 0.5) is 0 Å². The largest absolute Gasteiger partial charge is 0.478 e. The third kappa shape index (κ3) is 2.47. The molecule has 1 aromatic heterocycles. The second-order valence-corrected chi connectivity index (χ2v) is 4.57. The maximum Gasteiger partial charge on any atom is 0.328 e. The number of nitrogens with zero attached hydrogens (tertiary/aromatic N) is 1. The number of halogens is 2. The molecule has 0 atom stereocenters. The fraction of sp³-hybridized carbons (Fsp3) is 0.0769. The second kappa shape index (κ2) is 4.96. The van der Waals surface area contributed by atoms with E-state index in [0.29, 0.717) is 15.6 Å². The van der Waals surface area contributed by atoms with Crippen LogP contribution in [0.25, 0.3) is 17.0 Å². The minimum Gasteiger partial charge on any atom is -0.478 e. The average Bonchev–Trinajstić information content (AvgIpc) is 2.31. The first-order valence-corrected chi connectivity index (χ1v) is 5.91. The second-order valence-electron chi connectivity index (χ2n) is 3.78. The summed E-state index contributed by atoms with van der Waals surface area (Å²) in [5.41, 5.74) is 2.07. The lowest BCUT2D eigenvalue weighted by Gasteiger charge is -2.06. The van der Waals surface area contributed by atoms with E-state index in [2.05, 4.69) is 4.98 Å². The van der Waals surface area contributed by atoms with E-state index >= 15 is 0 Å². The fourth-order valence-electron chi connectivity index (χ4n) is 1.69. The van der Waals surface area contributed by atoms with Gasteiger partial charge in [0.1, 0.15) is 0 Å². The molecule has 0 amide bonds. The normalized spacial score (nSPS) is 11.3. The molecule has 1 heterocycles. The van der Waals surface area contributed by atoms with Crippen molar-refractivity contribution < 1.29 is 9.90 Å². The van der Waals surface area contributed by atoms with Gasteiger partial charge in [0.05, 0.1) is 15.6 Å². The van der Waals surface area contributed by atoms with E-state index in [1.807, 2.05) is 6.92 Å².